The van der Waals surface area contributed by atoms with Crippen molar-refractivity contribution in [2.45, 2.75) is 13.8 Å². The van der Waals surface area contributed by atoms with E-state index in [0.717, 1.165) is 16.0 Å². The van der Waals surface area contributed by atoms with Gasteiger partial charge in [0, 0.05) is 4.88 Å². The molecule has 3 rings (SSSR count). The summed E-state index contributed by atoms with van der Waals surface area (Å²) in [7, 11) is 0. The Balaban J connectivity index is 2.35. The summed E-state index contributed by atoms with van der Waals surface area (Å²) in [6.45, 7) is 3.61. The lowest BCUT2D eigenvalue weighted by molar-refractivity contribution is 0.628. The lowest BCUT2D eigenvalue weighted by Gasteiger charge is -1.99. The van der Waals surface area contributed by atoms with Crippen molar-refractivity contribution in [1.82, 2.24) is 9.97 Å². The first kappa shape index (κ1) is 12.0. The van der Waals surface area contributed by atoms with Crippen LogP contribution in [0.1, 0.15) is 11.4 Å². The van der Waals surface area contributed by atoms with Crippen LogP contribution < -0.4 is 5.56 Å². The van der Waals surface area contributed by atoms with Gasteiger partial charge in [0.05, 0.1) is 5.39 Å². The van der Waals surface area contributed by atoms with Crippen molar-refractivity contribution >= 4 is 21.6 Å². The van der Waals surface area contributed by atoms with Crippen molar-refractivity contribution < 1.29 is 4.39 Å². The van der Waals surface area contributed by atoms with Gasteiger partial charge in [-0.3, -0.25) is 4.79 Å². The third-order valence-electron chi connectivity index (χ3n) is 3.01. The Bertz CT molecular complexity index is 835. The molecule has 0 aliphatic carbocycles. The number of nitrogens with one attached hydrogen (secondary N) is 1. The van der Waals surface area contributed by atoms with Crippen LogP contribution in [0.25, 0.3) is 20.7 Å². The lowest BCUT2D eigenvalue weighted by atomic mass is 10.1. The van der Waals surface area contributed by atoms with Gasteiger partial charge in [-0.1, -0.05) is 12.1 Å². The second-order valence-electron chi connectivity index (χ2n) is 4.40. The molecule has 0 bridgehead atoms. The number of hydrogen-bond acceptors (Lipinski definition) is 3. The highest BCUT2D eigenvalue weighted by Crippen LogP contribution is 2.35. The van der Waals surface area contributed by atoms with E-state index in [1.54, 1.807) is 13.0 Å². The molecule has 2 heterocycles. The van der Waals surface area contributed by atoms with E-state index < -0.39 is 0 Å². The van der Waals surface area contributed by atoms with Crippen LogP contribution in [-0.4, -0.2) is 9.97 Å². The maximum Gasteiger partial charge on any atom is 0.259 e. The zero-order chi connectivity index (χ0) is 13.6. The van der Waals surface area contributed by atoms with Gasteiger partial charge in [-0.15, -0.1) is 11.3 Å². The van der Waals surface area contributed by atoms with E-state index in [1.807, 2.05) is 13.0 Å². The van der Waals surface area contributed by atoms with E-state index in [0.29, 0.717) is 16.0 Å². The molecule has 0 saturated heterocycles. The maximum absolute atomic E-state index is 13.3. The quantitative estimate of drug-likeness (QED) is 0.739. The molecule has 0 atom stereocenters. The van der Waals surface area contributed by atoms with Crippen molar-refractivity contribution in [3.8, 4) is 10.4 Å². The highest BCUT2D eigenvalue weighted by molar-refractivity contribution is 7.22. The molecule has 0 saturated carbocycles. The summed E-state index contributed by atoms with van der Waals surface area (Å²) in [5, 5.41) is 0.592. The molecule has 2 aromatic heterocycles. The molecular weight excluding hydrogens is 263 g/mol. The molecule has 3 aromatic rings. The second kappa shape index (κ2) is 4.28. The molecule has 0 amide bonds. The Hall–Kier alpha value is -2.01. The summed E-state index contributed by atoms with van der Waals surface area (Å²) < 4.78 is 13.3. The summed E-state index contributed by atoms with van der Waals surface area (Å²) in [4.78, 5) is 20.6. The van der Waals surface area contributed by atoms with Crippen molar-refractivity contribution in [2.24, 2.45) is 0 Å². The zero-order valence-corrected chi connectivity index (χ0v) is 11.3. The molecule has 1 aromatic carbocycles. The van der Waals surface area contributed by atoms with Gasteiger partial charge in [0.15, 0.2) is 0 Å². The Morgan fingerprint density at radius 2 is 2.11 bits per heavy atom. The van der Waals surface area contributed by atoms with Gasteiger partial charge in [-0.05, 0) is 37.1 Å². The molecule has 5 heteroatoms. The number of rotatable bonds is 1. The Morgan fingerprint density at radius 1 is 1.32 bits per heavy atom. The molecule has 0 aliphatic heterocycles. The normalized spacial score (nSPS) is 11.1. The van der Waals surface area contributed by atoms with Gasteiger partial charge >= 0.3 is 0 Å². The van der Waals surface area contributed by atoms with Gasteiger partial charge < -0.3 is 4.98 Å². The number of aryl methyl sites for hydroxylation is 2. The van der Waals surface area contributed by atoms with Crippen LogP contribution in [0, 0.1) is 19.7 Å². The average molecular weight is 274 g/mol. The third kappa shape index (κ3) is 1.96. The standard InChI is InChI=1S/C14H11FN2OS/c1-7-11-13(18)16-8(2)17-14(11)19-12(7)9-4-3-5-10(15)6-9/h3-6H,1-2H3,(H,16,17,18). The molecule has 96 valence electrons. The molecule has 0 radical (unpaired) electrons. The van der Waals surface area contributed by atoms with E-state index in [2.05, 4.69) is 9.97 Å². The van der Waals surface area contributed by atoms with Crippen LogP contribution in [-0.2, 0) is 0 Å². The first-order valence-corrected chi connectivity index (χ1v) is 6.64. The molecule has 3 nitrogen and oxygen atoms in total. The summed E-state index contributed by atoms with van der Waals surface area (Å²) in [6.07, 6.45) is 0. The Morgan fingerprint density at radius 3 is 2.84 bits per heavy atom. The predicted molar refractivity (Wildman–Crippen MR) is 75.1 cm³/mol. The summed E-state index contributed by atoms with van der Waals surface area (Å²) in [5.41, 5.74) is 1.48. The molecular formula is C14H11FN2OS. The van der Waals surface area contributed by atoms with Gasteiger partial charge in [0.1, 0.15) is 16.5 Å². The first-order chi connectivity index (χ1) is 9.06. The van der Waals surface area contributed by atoms with Crippen LogP contribution in [0.4, 0.5) is 4.39 Å². The number of hydrogen-bond donors (Lipinski definition) is 1. The average Bonchev–Trinajstić information content (AvgIpc) is 2.66. The summed E-state index contributed by atoms with van der Waals surface area (Å²) in [6, 6.07) is 6.37. The molecule has 0 spiro atoms. The highest BCUT2D eigenvalue weighted by Gasteiger charge is 2.14. The lowest BCUT2D eigenvalue weighted by Crippen LogP contribution is -2.08. The summed E-state index contributed by atoms with van der Waals surface area (Å²) in [5.74, 6) is 0.303. The van der Waals surface area contributed by atoms with Crippen LogP contribution in [0.15, 0.2) is 29.1 Å². The van der Waals surface area contributed by atoms with Gasteiger partial charge in [0.2, 0.25) is 0 Å². The number of H-pyrrole nitrogens is 1. The number of aromatic amines is 1. The van der Waals surface area contributed by atoms with Crippen molar-refractivity contribution in [2.75, 3.05) is 0 Å². The van der Waals surface area contributed by atoms with Crippen molar-refractivity contribution in [3.05, 3.63) is 51.8 Å². The minimum absolute atomic E-state index is 0.140. The fourth-order valence-electron chi connectivity index (χ4n) is 2.16. The van der Waals surface area contributed by atoms with Crippen LogP contribution in [0.5, 0.6) is 0 Å². The van der Waals surface area contributed by atoms with Crippen LogP contribution in [0.2, 0.25) is 0 Å². The van der Waals surface area contributed by atoms with Gasteiger partial charge in [0.25, 0.3) is 5.56 Å². The fraction of sp³-hybridized carbons (Fsp3) is 0.143. The van der Waals surface area contributed by atoms with Crippen LogP contribution >= 0.6 is 11.3 Å². The van der Waals surface area contributed by atoms with E-state index in [1.165, 1.54) is 23.5 Å². The number of benzene rings is 1. The molecule has 19 heavy (non-hydrogen) atoms. The number of aromatic nitrogens is 2. The van der Waals surface area contributed by atoms with Gasteiger partial charge in [-0.25, -0.2) is 9.37 Å². The van der Waals surface area contributed by atoms with Crippen LogP contribution in [0.3, 0.4) is 0 Å². The largest absolute Gasteiger partial charge is 0.310 e. The predicted octanol–water partition coefficient (Wildman–Crippen LogP) is 3.41. The minimum Gasteiger partial charge on any atom is -0.310 e. The monoisotopic (exact) mass is 274 g/mol. The number of halogens is 1. The van der Waals surface area contributed by atoms with Crippen molar-refractivity contribution in [1.29, 1.82) is 0 Å². The smallest absolute Gasteiger partial charge is 0.259 e. The number of nitrogens with zero attached hydrogens (tertiary/aromatic N) is 1. The Labute approximate surface area is 112 Å². The van der Waals surface area contributed by atoms with E-state index in [9.17, 15) is 9.18 Å². The van der Waals surface area contributed by atoms with Crippen molar-refractivity contribution in [3.63, 3.8) is 0 Å². The number of fused-ring (bicyclic) bond motifs is 1. The van der Waals surface area contributed by atoms with E-state index in [4.69, 9.17) is 0 Å². The zero-order valence-electron chi connectivity index (χ0n) is 10.5. The molecule has 0 aliphatic rings. The number of thiophene rings is 1. The third-order valence-corrected chi connectivity index (χ3v) is 4.24. The van der Waals surface area contributed by atoms with Gasteiger partial charge in [-0.2, -0.15) is 0 Å². The topological polar surface area (TPSA) is 45.8 Å². The van der Waals surface area contributed by atoms with E-state index in [-0.39, 0.29) is 11.4 Å². The Kier molecular flexibility index (Phi) is 2.71. The van der Waals surface area contributed by atoms with E-state index >= 15 is 0 Å². The molecule has 0 unspecified atom stereocenters. The summed E-state index contributed by atoms with van der Waals surface area (Å²) >= 11 is 1.42. The molecule has 1 N–H and O–H groups in total. The fourth-order valence-corrected chi connectivity index (χ4v) is 3.38. The minimum atomic E-state index is -0.285. The second-order valence-corrected chi connectivity index (χ2v) is 5.40. The maximum atomic E-state index is 13.3. The molecule has 0 fully saturated rings. The SMILES string of the molecule is Cc1nc2sc(-c3cccc(F)c3)c(C)c2c(=O)[nH]1. The highest BCUT2D eigenvalue weighted by atomic mass is 32.1. The first-order valence-electron chi connectivity index (χ1n) is 5.82.